The molecule has 0 saturated heterocycles. The number of furan rings is 2. The monoisotopic (exact) mass is 691 g/mol. The second kappa shape index (κ2) is 12.1. The number of benzene rings is 8. The van der Waals surface area contributed by atoms with Crippen LogP contribution in [0.5, 0.6) is 0 Å². The molecule has 0 amide bonds. The maximum atomic E-state index is 6.67. The normalized spacial score (nSPS) is 11.7. The summed E-state index contributed by atoms with van der Waals surface area (Å²) in [5, 5.41) is 6.19. The summed E-state index contributed by atoms with van der Waals surface area (Å²) < 4.78 is 13.0. The van der Waals surface area contributed by atoms with Gasteiger partial charge in [-0.05, 0) is 58.0 Å². The van der Waals surface area contributed by atoms with E-state index in [1.165, 1.54) is 0 Å². The molecule has 5 nitrogen and oxygen atoms in total. The summed E-state index contributed by atoms with van der Waals surface area (Å²) >= 11 is 0. The van der Waals surface area contributed by atoms with Gasteiger partial charge in [0.2, 0.25) is 0 Å². The molecular weight excluding hydrogens is 663 g/mol. The van der Waals surface area contributed by atoms with Crippen molar-refractivity contribution in [1.82, 2.24) is 15.0 Å². The predicted octanol–water partition coefficient (Wildman–Crippen LogP) is 13.2. The van der Waals surface area contributed by atoms with Crippen LogP contribution in [0.2, 0.25) is 0 Å². The first-order valence-electron chi connectivity index (χ1n) is 18.0. The van der Waals surface area contributed by atoms with Crippen molar-refractivity contribution >= 4 is 54.6 Å². The third kappa shape index (κ3) is 4.83. The van der Waals surface area contributed by atoms with Crippen LogP contribution < -0.4 is 0 Å². The van der Waals surface area contributed by atoms with Crippen LogP contribution in [0, 0.1) is 0 Å². The van der Waals surface area contributed by atoms with Crippen molar-refractivity contribution in [2.75, 3.05) is 0 Å². The molecule has 0 aliphatic carbocycles. The number of aromatic nitrogens is 3. The van der Waals surface area contributed by atoms with Crippen LogP contribution in [0.3, 0.4) is 0 Å². The lowest BCUT2D eigenvalue weighted by Gasteiger charge is -2.13. The van der Waals surface area contributed by atoms with Gasteiger partial charge >= 0.3 is 0 Å². The van der Waals surface area contributed by atoms with E-state index < -0.39 is 0 Å². The first-order chi connectivity index (χ1) is 26.8. The predicted molar refractivity (Wildman–Crippen MR) is 219 cm³/mol. The fourth-order valence-electron chi connectivity index (χ4n) is 7.85. The van der Waals surface area contributed by atoms with E-state index in [1.54, 1.807) is 0 Å². The fourth-order valence-corrected chi connectivity index (χ4v) is 7.85. The van der Waals surface area contributed by atoms with Crippen molar-refractivity contribution < 1.29 is 8.83 Å². The highest BCUT2D eigenvalue weighted by Gasteiger charge is 2.22. The van der Waals surface area contributed by atoms with Gasteiger partial charge in [-0.3, -0.25) is 0 Å². The molecule has 0 radical (unpaired) electrons. The van der Waals surface area contributed by atoms with Gasteiger partial charge in [0.1, 0.15) is 22.3 Å². The summed E-state index contributed by atoms with van der Waals surface area (Å²) in [6, 6.07) is 60.3. The van der Waals surface area contributed by atoms with Crippen LogP contribution in [0.4, 0.5) is 0 Å². The van der Waals surface area contributed by atoms with Gasteiger partial charge in [-0.15, -0.1) is 0 Å². The third-order valence-corrected chi connectivity index (χ3v) is 10.4. The number of hydrogen-bond donors (Lipinski definition) is 0. The van der Waals surface area contributed by atoms with E-state index in [1.807, 2.05) is 48.5 Å². The van der Waals surface area contributed by atoms with E-state index in [4.69, 9.17) is 23.8 Å². The second-order valence-electron chi connectivity index (χ2n) is 13.5. The average molecular weight is 692 g/mol. The molecule has 252 valence electrons. The number of hydrogen-bond acceptors (Lipinski definition) is 5. The lowest BCUT2D eigenvalue weighted by molar-refractivity contribution is 0.669. The molecule has 11 aromatic rings. The molecule has 8 aromatic carbocycles. The molecule has 11 rings (SSSR count). The van der Waals surface area contributed by atoms with Crippen LogP contribution in [-0.2, 0) is 0 Å². The van der Waals surface area contributed by atoms with Crippen molar-refractivity contribution in [3.05, 3.63) is 176 Å². The molecule has 3 heterocycles. The van der Waals surface area contributed by atoms with Gasteiger partial charge in [-0.25, -0.2) is 15.0 Å². The Bertz CT molecular complexity index is 3220. The summed E-state index contributed by atoms with van der Waals surface area (Å²) in [5.74, 6) is 1.73. The van der Waals surface area contributed by atoms with E-state index >= 15 is 0 Å². The van der Waals surface area contributed by atoms with Gasteiger partial charge in [0.25, 0.3) is 0 Å². The van der Waals surface area contributed by atoms with Crippen molar-refractivity contribution in [1.29, 1.82) is 0 Å². The summed E-state index contributed by atoms with van der Waals surface area (Å²) in [5.41, 5.74) is 10.3. The Balaban J connectivity index is 1.21. The molecule has 0 aliphatic rings. The van der Waals surface area contributed by atoms with Crippen molar-refractivity contribution in [3.63, 3.8) is 0 Å². The smallest absolute Gasteiger partial charge is 0.164 e. The Kier molecular flexibility index (Phi) is 6.79. The van der Waals surface area contributed by atoms with Gasteiger partial charge in [-0.2, -0.15) is 0 Å². The molecule has 0 fully saturated rings. The van der Waals surface area contributed by atoms with E-state index in [9.17, 15) is 0 Å². The minimum atomic E-state index is 0.562. The summed E-state index contributed by atoms with van der Waals surface area (Å²) in [6.07, 6.45) is 0. The van der Waals surface area contributed by atoms with Gasteiger partial charge in [0.05, 0.1) is 0 Å². The highest BCUT2D eigenvalue weighted by Crippen LogP contribution is 2.43. The summed E-state index contributed by atoms with van der Waals surface area (Å²) in [6.45, 7) is 0. The van der Waals surface area contributed by atoms with Crippen molar-refractivity contribution in [2.24, 2.45) is 0 Å². The third-order valence-electron chi connectivity index (χ3n) is 10.4. The first kappa shape index (κ1) is 30.3. The summed E-state index contributed by atoms with van der Waals surface area (Å²) in [4.78, 5) is 15.8. The van der Waals surface area contributed by atoms with E-state index in [-0.39, 0.29) is 0 Å². The molecule has 0 unspecified atom stereocenters. The minimum Gasteiger partial charge on any atom is -0.456 e. The number of para-hydroxylation sites is 1. The largest absolute Gasteiger partial charge is 0.456 e. The lowest BCUT2D eigenvalue weighted by atomic mass is 9.95. The van der Waals surface area contributed by atoms with Gasteiger partial charge in [0, 0.05) is 43.6 Å². The molecule has 54 heavy (non-hydrogen) atoms. The molecule has 0 spiro atoms. The highest BCUT2D eigenvalue weighted by molar-refractivity contribution is 6.22. The molecular formula is C49H29N3O2. The van der Waals surface area contributed by atoms with Crippen LogP contribution >= 0.6 is 0 Å². The van der Waals surface area contributed by atoms with Crippen LogP contribution in [0.25, 0.3) is 111 Å². The van der Waals surface area contributed by atoms with Gasteiger partial charge in [0.15, 0.2) is 17.5 Å². The SMILES string of the molecule is c1ccc(-c2ccccc2-c2nc(-c3ccc4c(c3)oc3ccccc34)nc(-c3cc4c(oc5cccc(-c6ccccc6)c54)c4ccccc34)n2)cc1. The molecule has 0 atom stereocenters. The zero-order valence-corrected chi connectivity index (χ0v) is 28.9. The van der Waals surface area contributed by atoms with Crippen LogP contribution in [0.15, 0.2) is 185 Å². The zero-order chi connectivity index (χ0) is 35.6. The van der Waals surface area contributed by atoms with Gasteiger partial charge < -0.3 is 8.83 Å². The highest BCUT2D eigenvalue weighted by atomic mass is 16.3. The number of fused-ring (bicyclic) bond motifs is 8. The average Bonchev–Trinajstić information content (AvgIpc) is 3.82. The Morgan fingerprint density at radius 1 is 0.296 bits per heavy atom. The quantitative estimate of drug-likeness (QED) is 0.180. The van der Waals surface area contributed by atoms with E-state index in [0.29, 0.717) is 17.5 Å². The summed E-state index contributed by atoms with van der Waals surface area (Å²) in [7, 11) is 0. The maximum absolute atomic E-state index is 6.67. The Morgan fingerprint density at radius 2 is 0.870 bits per heavy atom. The Morgan fingerprint density at radius 3 is 1.67 bits per heavy atom. The fraction of sp³-hybridized carbons (Fsp3) is 0. The van der Waals surface area contributed by atoms with Crippen molar-refractivity contribution in [2.45, 2.75) is 0 Å². The van der Waals surface area contributed by atoms with Crippen molar-refractivity contribution in [3.8, 4) is 56.4 Å². The van der Waals surface area contributed by atoms with E-state index in [0.717, 1.165) is 93.6 Å². The maximum Gasteiger partial charge on any atom is 0.164 e. The molecule has 0 bridgehead atoms. The lowest BCUT2D eigenvalue weighted by Crippen LogP contribution is -2.01. The van der Waals surface area contributed by atoms with Crippen LogP contribution in [-0.4, -0.2) is 15.0 Å². The Hall–Kier alpha value is -7.37. The molecule has 0 aliphatic heterocycles. The Labute approximate surface area is 309 Å². The van der Waals surface area contributed by atoms with Gasteiger partial charge in [-0.1, -0.05) is 146 Å². The molecule has 0 saturated carbocycles. The number of rotatable bonds is 5. The second-order valence-corrected chi connectivity index (χ2v) is 13.5. The van der Waals surface area contributed by atoms with Crippen LogP contribution in [0.1, 0.15) is 0 Å². The standard InChI is InChI=1S/C49H29N3O2/c1-3-14-30(15-4-1)33-18-7-10-22-39(33)48-50-47(32-26-27-37-36-20-11-12-24-42(36)53-44(37)28-32)51-49(52-48)40-29-41-45-34(31-16-5-2-6-17-31)23-13-25-43(45)54-46(41)38-21-9-8-19-35(38)40/h1-29H. The first-order valence-corrected chi connectivity index (χ1v) is 18.0. The van der Waals surface area contributed by atoms with E-state index in [2.05, 4.69) is 127 Å². The molecule has 5 heteroatoms. The topological polar surface area (TPSA) is 65.0 Å². The number of nitrogens with zero attached hydrogens (tertiary/aromatic N) is 3. The zero-order valence-electron chi connectivity index (χ0n) is 28.9. The molecule has 3 aromatic heterocycles. The molecule has 0 N–H and O–H groups in total. The minimum absolute atomic E-state index is 0.562.